The number of hydrogen-bond donors (Lipinski definition) is 1. The molecule has 46 heavy (non-hydrogen) atoms. The van der Waals surface area contributed by atoms with Crippen molar-refractivity contribution in [3.8, 4) is 17.2 Å². The second-order valence-corrected chi connectivity index (χ2v) is 12.3. The van der Waals surface area contributed by atoms with Crippen LogP contribution >= 0.6 is 23.1 Å². The zero-order chi connectivity index (χ0) is 31.9. The van der Waals surface area contributed by atoms with Crippen LogP contribution in [0.3, 0.4) is 0 Å². The van der Waals surface area contributed by atoms with Gasteiger partial charge in [-0.1, -0.05) is 72.4 Å². The number of hydrazone groups is 1. The summed E-state index contributed by atoms with van der Waals surface area (Å²) in [7, 11) is 3.22. The van der Waals surface area contributed by atoms with Gasteiger partial charge in [0.05, 0.1) is 55.3 Å². The van der Waals surface area contributed by atoms with Gasteiger partial charge in [-0.15, -0.1) is 21.5 Å². The molecule has 3 aromatic carbocycles. The minimum absolute atomic E-state index is 0.0710. The number of thiophene rings is 1. The van der Waals surface area contributed by atoms with E-state index in [4.69, 9.17) is 14.6 Å². The van der Waals surface area contributed by atoms with Crippen LogP contribution in [0.1, 0.15) is 34.3 Å². The molecule has 0 saturated heterocycles. The lowest BCUT2D eigenvalue weighted by Gasteiger charge is -2.22. The van der Waals surface area contributed by atoms with E-state index in [0.717, 1.165) is 27.5 Å². The van der Waals surface area contributed by atoms with Crippen molar-refractivity contribution in [1.82, 2.24) is 25.1 Å². The number of carbonyl (C=O) groups is 2. The predicted molar refractivity (Wildman–Crippen MR) is 179 cm³/mol. The van der Waals surface area contributed by atoms with E-state index in [0.29, 0.717) is 28.8 Å². The van der Waals surface area contributed by atoms with Crippen LogP contribution in [0.5, 0.6) is 11.5 Å². The standard InChI is InChI=1S/C34H32N6O4S2/c1-43-25-16-14-24(15-17-25)28-20-26(30-13-8-18-45-30)38-40(28)33(42)22-46-34-37-36-31(39(34)27-11-6-7-12-29(27)44-2)21-35-32(41)19-23-9-4-3-5-10-23/h3-18,28H,19-22H2,1-2H3,(H,35,41)/t28-/m1/s1. The van der Waals surface area contributed by atoms with Crippen molar-refractivity contribution in [3.63, 3.8) is 0 Å². The zero-order valence-electron chi connectivity index (χ0n) is 25.3. The average molecular weight is 653 g/mol. The van der Waals surface area contributed by atoms with E-state index in [2.05, 4.69) is 15.5 Å². The van der Waals surface area contributed by atoms with E-state index in [-0.39, 0.29) is 36.6 Å². The number of methoxy groups -OCH3 is 2. The van der Waals surface area contributed by atoms with Crippen LogP contribution in [0.15, 0.2) is 107 Å². The monoisotopic (exact) mass is 652 g/mol. The van der Waals surface area contributed by atoms with Gasteiger partial charge in [0.1, 0.15) is 11.5 Å². The van der Waals surface area contributed by atoms with Gasteiger partial charge in [0.25, 0.3) is 5.91 Å². The second kappa shape index (κ2) is 14.4. The fourth-order valence-electron chi connectivity index (χ4n) is 5.20. The molecule has 0 bridgehead atoms. The van der Waals surface area contributed by atoms with Gasteiger partial charge in [0.15, 0.2) is 11.0 Å². The van der Waals surface area contributed by atoms with E-state index < -0.39 is 0 Å². The molecule has 0 radical (unpaired) electrons. The Labute approximate surface area is 275 Å². The van der Waals surface area contributed by atoms with Crippen molar-refractivity contribution in [2.45, 2.75) is 30.6 Å². The van der Waals surface area contributed by atoms with E-state index in [1.165, 1.54) is 11.8 Å². The molecule has 5 aromatic rings. The number of rotatable bonds is 12. The number of hydrogen-bond acceptors (Lipinski definition) is 9. The normalized spacial score (nSPS) is 14.2. The highest BCUT2D eigenvalue weighted by Crippen LogP contribution is 2.36. The van der Waals surface area contributed by atoms with Gasteiger partial charge in [0, 0.05) is 6.42 Å². The number of aromatic nitrogens is 3. The van der Waals surface area contributed by atoms with Crippen molar-refractivity contribution in [3.05, 3.63) is 118 Å². The molecule has 6 rings (SSSR count). The van der Waals surface area contributed by atoms with Gasteiger partial charge in [-0.2, -0.15) is 5.10 Å². The summed E-state index contributed by atoms with van der Waals surface area (Å²) in [4.78, 5) is 27.6. The molecule has 2 amide bonds. The number of nitrogens with zero attached hydrogens (tertiary/aromatic N) is 5. The van der Waals surface area contributed by atoms with Gasteiger partial charge in [-0.25, -0.2) is 5.01 Å². The first-order valence-electron chi connectivity index (χ1n) is 14.6. The molecule has 234 valence electrons. The van der Waals surface area contributed by atoms with Gasteiger partial charge in [-0.05, 0) is 46.8 Å². The maximum atomic E-state index is 13.8. The van der Waals surface area contributed by atoms with Crippen LogP contribution in [-0.2, 0) is 22.6 Å². The minimum atomic E-state index is -0.251. The van der Waals surface area contributed by atoms with Crippen molar-refractivity contribution < 1.29 is 19.1 Å². The summed E-state index contributed by atoms with van der Waals surface area (Å²) in [5.74, 6) is 1.64. The largest absolute Gasteiger partial charge is 0.497 e. The molecule has 0 aliphatic carbocycles. The predicted octanol–water partition coefficient (Wildman–Crippen LogP) is 5.67. The number of para-hydroxylation sites is 2. The summed E-state index contributed by atoms with van der Waals surface area (Å²) in [5.41, 5.74) is 3.47. The van der Waals surface area contributed by atoms with Crippen molar-refractivity contribution in [2.75, 3.05) is 20.0 Å². The molecule has 0 unspecified atom stereocenters. The molecule has 1 atom stereocenters. The maximum Gasteiger partial charge on any atom is 0.253 e. The lowest BCUT2D eigenvalue weighted by molar-refractivity contribution is -0.130. The SMILES string of the molecule is COc1ccc([C@H]2CC(c3cccs3)=NN2C(=O)CSc2nnc(CNC(=O)Cc3ccccc3)n2-c2ccccc2OC)cc1. The Kier molecular flexibility index (Phi) is 9.75. The van der Waals surface area contributed by atoms with Crippen LogP contribution in [0.4, 0.5) is 0 Å². The molecule has 2 aromatic heterocycles. The second-order valence-electron chi connectivity index (χ2n) is 10.4. The first-order valence-corrected chi connectivity index (χ1v) is 16.5. The topological polar surface area (TPSA) is 111 Å². The van der Waals surface area contributed by atoms with Crippen LogP contribution in [0.25, 0.3) is 5.69 Å². The Bertz CT molecular complexity index is 1820. The third-order valence-electron chi connectivity index (χ3n) is 7.47. The van der Waals surface area contributed by atoms with Crippen molar-refractivity contribution >= 4 is 40.6 Å². The minimum Gasteiger partial charge on any atom is -0.497 e. The number of ether oxygens (including phenoxy) is 2. The zero-order valence-corrected chi connectivity index (χ0v) is 27.0. The third-order valence-corrected chi connectivity index (χ3v) is 9.31. The summed E-state index contributed by atoms with van der Waals surface area (Å²) < 4.78 is 12.8. The molecule has 1 aliphatic rings. The van der Waals surface area contributed by atoms with Crippen molar-refractivity contribution in [2.24, 2.45) is 5.10 Å². The highest BCUT2D eigenvalue weighted by atomic mass is 32.2. The van der Waals surface area contributed by atoms with E-state index in [1.54, 1.807) is 30.6 Å². The van der Waals surface area contributed by atoms with Gasteiger partial charge < -0.3 is 14.8 Å². The average Bonchev–Trinajstić information content (AvgIpc) is 3.87. The van der Waals surface area contributed by atoms with E-state index >= 15 is 0 Å². The smallest absolute Gasteiger partial charge is 0.253 e. The highest BCUT2D eigenvalue weighted by molar-refractivity contribution is 7.99. The molecule has 3 heterocycles. The van der Waals surface area contributed by atoms with Crippen LogP contribution < -0.4 is 14.8 Å². The molecular formula is C34H32N6O4S2. The van der Waals surface area contributed by atoms with E-state index in [1.807, 2.05) is 101 Å². The first kappa shape index (κ1) is 31.1. The summed E-state index contributed by atoms with van der Waals surface area (Å²) in [6.07, 6.45) is 0.854. The Balaban J connectivity index is 1.23. The number of thioether (sulfide) groups is 1. The maximum absolute atomic E-state index is 13.8. The molecule has 0 spiro atoms. The first-order chi connectivity index (χ1) is 22.5. The Morgan fingerprint density at radius 3 is 2.46 bits per heavy atom. The molecule has 1 aliphatic heterocycles. The Morgan fingerprint density at radius 2 is 1.72 bits per heavy atom. The number of benzene rings is 3. The van der Waals surface area contributed by atoms with Gasteiger partial charge in [0.2, 0.25) is 5.91 Å². The fourth-order valence-corrected chi connectivity index (χ4v) is 6.73. The lowest BCUT2D eigenvalue weighted by Crippen LogP contribution is -2.28. The van der Waals surface area contributed by atoms with E-state index in [9.17, 15) is 9.59 Å². The van der Waals surface area contributed by atoms with Gasteiger partial charge >= 0.3 is 0 Å². The highest BCUT2D eigenvalue weighted by Gasteiger charge is 2.34. The quantitative estimate of drug-likeness (QED) is 0.173. The summed E-state index contributed by atoms with van der Waals surface area (Å²) in [5, 5.41) is 20.7. The summed E-state index contributed by atoms with van der Waals surface area (Å²) in [6, 6.07) is 28.5. The summed E-state index contributed by atoms with van der Waals surface area (Å²) >= 11 is 2.86. The Hall–Kier alpha value is -4.94. The molecule has 1 N–H and O–H groups in total. The Morgan fingerprint density at radius 1 is 0.935 bits per heavy atom. The lowest BCUT2D eigenvalue weighted by atomic mass is 10.0. The molecule has 10 nitrogen and oxygen atoms in total. The van der Waals surface area contributed by atoms with Crippen LogP contribution in [0.2, 0.25) is 0 Å². The fraction of sp³-hybridized carbons (Fsp3) is 0.206. The van der Waals surface area contributed by atoms with Crippen molar-refractivity contribution in [1.29, 1.82) is 0 Å². The number of amides is 2. The van der Waals surface area contributed by atoms with Crippen LogP contribution in [-0.4, -0.2) is 57.3 Å². The third kappa shape index (κ3) is 6.98. The summed E-state index contributed by atoms with van der Waals surface area (Å²) in [6.45, 7) is 0.144. The van der Waals surface area contributed by atoms with Gasteiger partial charge in [-0.3, -0.25) is 14.2 Å². The van der Waals surface area contributed by atoms with Crippen LogP contribution in [0, 0.1) is 0 Å². The molecule has 0 fully saturated rings. The molecular weight excluding hydrogens is 621 g/mol. The number of nitrogens with one attached hydrogen (secondary N) is 1. The molecule has 0 saturated carbocycles. The number of carbonyl (C=O) groups excluding carboxylic acids is 2. The molecule has 12 heteroatoms.